The van der Waals surface area contributed by atoms with Crippen LogP contribution in [0.25, 0.3) is 0 Å². The summed E-state index contributed by atoms with van der Waals surface area (Å²) in [5.41, 5.74) is 3.65. The molecular weight excluding hydrogens is 461 g/mol. The molecule has 0 heterocycles. The molecule has 0 aromatic rings. The van der Waals surface area contributed by atoms with E-state index in [2.05, 4.69) is 55.4 Å². The summed E-state index contributed by atoms with van der Waals surface area (Å²) in [4.78, 5) is 17.8. The number of carbonyl (C=O) groups excluding carboxylic acids is 2. The quantitative estimate of drug-likeness (QED) is 0.377. The molecule has 0 fully saturated rings. The van der Waals surface area contributed by atoms with Gasteiger partial charge in [-0.15, -0.1) is 15.8 Å². The maximum Gasteiger partial charge on any atom is 2.00 e. The summed E-state index contributed by atoms with van der Waals surface area (Å²) in [5, 5.41) is 17.8. The fourth-order valence-corrected chi connectivity index (χ4v) is 8.41. The molecule has 0 aliphatic carbocycles. The summed E-state index contributed by atoms with van der Waals surface area (Å²) in [6, 6.07) is 0. The van der Waals surface area contributed by atoms with Crippen LogP contribution in [0.1, 0.15) is 75.7 Å². The Morgan fingerprint density at radius 1 is 0.654 bits per heavy atom. The van der Waals surface area contributed by atoms with Crippen molar-refractivity contribution in [3.63, 3.8) is 0 Å². The Morgan fingerprint density at radius 3 is 0.923 bits per heavy atom. The average molecular weight is 501 g/mol. The fourth-order valence-electron chi connectivity index (χ4n) is 2.66. The first-order chi connectivity index (χ1) is 11.2. The van der Waals surface area contributed by atoms with Crippen LogP contribution in [0.4, 0.5) is 0 Å². The van der Waals surface area contributed by atoms with Crippen LogP contribution in [0.5, 0.6) is 0 Å². The Hall–Kier alpha value is 0.462. The van der Waals surface area contributed by atoms with Gasteiger partial charge in [-0.25, -0.2) is 0 Å². The van der Waals surface area contributed by atoms with Gasteiger partial charge in [-0.05, 0) is 55.2 Å². The fraction of sp³-hybridized carbons (Fsp3) is 0.895. The van der Waals surface area contributed by atoms with Gasteiger partial charge in [0.2, 0.25) is 0 Å². The topological polar surface area (TPSA) is 80.3 Å². The first-order valence-electron chi connectivity index (χ1n) is 9.10. The number of carboxylic acid groups (broad SMARTS) is 2. The first kappa shape index (κ1) is 34.0. The van der Waals surface area contributed by atoms with Gasteiger partial charge in [-0.1, -0.05) is 55.4 Å². The van der Waals surface area contributed by atoms with Gasteiger partial charge in [-0.2, -0.15) is 0 Å². The number of hydrogen-bond donors (Lipinski definition) is 0. The van der Waals surface area contributed by atoms with E-state index in [1.165, 1.54) is 18.7 Å². The Balaban J connectivity index is -0.000000226. The van der Waals surface area contributed by atoms with Crippen LogP contribution in [-0.4, -0.2) is 46.9 Å². The molecule has 0 aromatic heterocycles. The molecule has 0 N–H and O–H groups in total. The predicted octanol–water partition coefficient (Wildman–Crippen LogP) is 3.48. The zero-order chi connectivity index (χ0) is 20.7. The molecule has 0 rings (SSSR count). The molecule has 0 atom stereocenters. The molecule has 0 bridgehead atoms. The molecule has 0 saturated heterocycles. The van der Waals surface area contributed by atoms with Gasteiger partial charge < -0.3 is 19.8 Å². The second-order valence-corrected chi connectivity index (χ2v) is 14.3. The molecular formula is C19H40O4P2Pd. The third-order valence-electron chi connectivity index (χ3n) is 3.49. The van der Waals surface area contributed by atoms with E-state index in [1.807, 2.05) is 0 Å². The zero-order valence-corrected chi connectivity index (χ0v) is 21.6. The Morgan fingerprint density at radius 2 is 0.808 bits per heavy atom. The van der Waals surface area contributed by atoms with Gasteiger partial charge >= 0.3 is 20.4 Å². The molecule has 0 radical (unpaired) electrons. The van der Waals surface area contributed by atoms with Gasteiger partial charge in [-0.3, -0.25) is 0 Å². The second-order valence-electron chi connectivity index (χ2n) is 7.19. The van der Waals surface area contributed by atoms with Crippen molar-refractivity contribution in [3.8, 4) is 0 Å². The Kier molecular flexibility index (Phi) is 26.4. The average Bonchev–Trinajstić information content (AvgIpc) is 2.34. The van der Waals surface area contributed by atoms with Crippen LogP contribution in [0, 0.1) is 0 Å². The van der Waals surface area contributed by atoms with Gasteiger partial charge in [0.1, 0.15) is 0 Å². The number of carboxylic acids is 2. The van der Waals surface area contributed by atoms with Gasteiger partial charge in [0, 0.05) is 11.9 Å². The maximum atomic E-state index is 8.89. The van der Waals surface area contributed by atoms with E-state index in [1.54, 1.807) is 0 Å². The summed E-state index contributed by atoms with van der Waals surface area (Å²) in [6.07, 6.45) is 4.48. The molecule has 26 heavy (non-hydrogen) atoms. The van der Waals surface area contributed by atoms with Crippen LogP contribution in [0.15, 0.2) is 0 Å². The molecule has 4 nitrogen and oxygen atoms in total. The van der Waals surface area contributed by atoms with Crippen LogP contribution in [-0.2, 0) is 30.0 Å². The smallest absolute Gasteiger partial charge is 0.550 e. The normalized spacial score (nSPS) is 10.5. The summed E-state index contributed by atoms with van der Waals surface area (Å²) in [6.45, 7) is 21.3. The van der Waals surface area contributed by atoms with E-state index in [9.17, 15) is 0 Å². The minimum atomic E-state index is -1.08. The maximum absolute atomic E-state index is 8.89. The molecule has 7 heteroatoms. The van der Waals surface area contributed by atoms with Gasteiger partial charge in [0.15, 0.2) is 0 Å². The third kappa shape index (κ3) is 26.7. The molecule has 0 spiro atoms. The molecule has 0 unspecified atom stereocenters. The van der Waals surface area contributed by atoms with Crippen molar-refractivity contribution in [2.45, 2.75) is 98.3 Å². The van der Waals surface area contributed by atoms with Crippen LogP contribution >= 0.6 is 15.8 Å². The molecule has 0 aliphatic rings. The number of carbonyl (C=O) groups is 2. The number of aliphatic carboxylic acids is 2. The molecule has 0 aliphatic heterocycles. The summed E-state index contributed by atoms with van der Waals surface area (Å²) >= 11 is 0. The molecule has 0 aromatic carbocycles. The van der Waals surface area contributed by atoms with Crippen molar-refractivity contribution >= 4 is 27.8 Å². The number of rotatable bonds is 8. The summed E-state index contributed by atoms with van der Waals surface area (Å²) < 4.78 is 0. The van der Waals surface area contributed by atoms with Crippen LogP contribution in [0.3, 0.4) is 0 Å². The van der Waals surface area contributed by atoms with Crippen molar-refractivity contribution < 1.29 is 40.2 Å². The number of hydrogen-bond acceptors (Lipinski definition) is 4. The van der Waals surface area contributed by atoms with E-state index in [-0.39, 0.29) is 36.3 Å². The molecule has 160 valence electrons. The first-order valence-corrected chi connectivity index (χ1v) is 12.4. The van der Waals surface area contributed by atoms with E-state index >= 15 is 0 Å². The zero-order valence-electron chi connectivity index (χ0n) is 18.3. The largest absolute Gasteiger partial charge is 2.00 e. The van der Waals surface area contributed by atoms with E-state index in [0.717, 1.165) is 36.5 Å². The summed E-state index contributed by atoms with van der Waals surface area (Å²) in [7, 11) is 0.525. The van der Waals surface area contributed by atoms with E-state index in [0.29, 0.717) is 0 Å². The monoisotopic (exact) mass is 500 g/mol. The van der Waals surface area contributed by atoms with E-state index in [4.69, 9.17) is 19.8 Å². The predicted molar refractivity (Wildman–Crippen MR) is 110 cm³/mol. The summed E-state index contributed by atoms with van der Waals surface area (Å²) in [5.74, 6) is -2.17. The van der Waals surface area contributed by atoms with Crippen LogP contribution < -0.4 is 10.2 Å². The van der Waals surface area contributed by atoms with Crippen molar-refractivity contribution in [3.05, 3.63) is 0 Å². The van der Waals surface area contributed by atoms with Crippen molar-refractivity contribution in [2.24, 2.45) is 0 Å². The van der Waals surface area contributed by atoms with Crippen molar-refractivity contribution in [2.75, 3.05) is 12.3 Å². The second kappa shape index (κ2) is 20.2. The van der Waals surface area contributed by atoms with Crippen LogP contribution in [0.2, 0.25) is 0 Å². The standard InChI is InChI=1S/C15H34P2.2C2H4O2.Pd/c1-12(2)16(13(3)4)10-9-11-17(14(5)6)15(7)8;2*1-2(3)4;/h12-15H,9-11H2,1-8H3;2*1H3,(H,3,4);/q;;;+2/p-2. The van der Waals surface area contributed by atoms with Crippen molar-refractivity contribution in [1.82, 2.24) is 0 Å². The minimum absolute atomic E-state index is 0. The van der Waals surface area contributed by atoms with E-state index < -0.39 is 11.9 Å². The Labute approximate surface area is 178 Å². The van der Waals surface area contributed by atoms with Crippen molar-refractivity contribution in [1.29, 1.82) is 0 Å². The molecule has 0 saturated carbocycles. The minimum Gasteiger partial charge on any atom is -0.550 e. The molecule has 0 amide bonds. The van der Waals surface area contributed by atoms with Gasteiger partial charge in [0.05, 0.1) is 0 Å². The van der Waals surface area contributed by atoms with Gasteiger partial charge in [0.25, 0.3) is 0 Å². The Bertz CT molecular complexity index is 292. The SMILES string of the molecule is CC(=O)[O-].CC(=O)[O-].CC(C)P(CCCP(C(C)C)C(C)C)C(C)C.[Pd+2]. The third-order valence-corrected chi connectivity index (χ3v) is 10.5.